The van der Waals surface area contributed by atoms with Crippen LogP contribution in [0, 0.1) is 3.95 Å². The lowest BCUT2D eigenvalue weighted by molar-refractivity contribution is -0.141. The standard InChI is InChI=1S/C17H16N2O3S2/c1-2-5-13(16(21)22)19-15(20)14(24-17(19)23)8-10-9-18-12-7-4-3-6-11(10)12/h3-4,6-9,13,20H,2,5H2,1H3,(H,21,22)/b10-8+/t13-/m1/s1. The van der Waals surface area contributed by atoms with Crippen molar-refractivity contribution in [2.75, 3.05) is 0 Å². The zero-order valence-electron chi connectivity index (χ0n) is 13.0. The zero-order valence-corrected chi connectivity index (χ0v) is 14.6. The van der Waals surface area contributed by atoms with Crippen LogP contribution in [-0.4, -0.2) is 27.0 Å². The fourth-order valence-electron chi connectivity index (χ4n) is 2.69. The van der Waals surface area contributed by atoms with Gasteiger partial charge in [0.05, 0.1) is 10.6 Å². The number of carboxylic acid groups (broad SMARTS) is 1. The van der Waals surface area contributed by atoms with E-state index < -0.39 is 12.0 Å². The fraction of sp³-hybridized carbons (Fsp3) is 0.235. The molecule has 0 bridgehead atoms. The number of aliphatic imine (C=N–C) groups is 1. The second-order valence-electron chi connectivity index (χ2n) is 5.44. The van der Waals surface area contributed by atoms with Gasteiger partial charge in [0.25, 0.3) is 0 Å². The van der Waals surface area contributed by atoms with Crippen LogP contribution in [0.5, 0.6) is 5.88 Å². The first-order chi connectivity index (χ1) is 11.5. The van der Waals surface area contributed by atoms with Gasteiger partial charge in [-0.2, -0.15) is 0 Å². The van der Waals surface area contributed by atoms with Crippen LogP contribution in [0.15, 0.2) is 29.3 Å². The first-order valence-electron chi connectivity index (χ1n) is 7.55. The number of nitrogens with zero attached hydrogens (tertiary/aromatic N) is 2. The minimum Gasteiger partial charge on any atom is -0.493 e. The Labute approximate surface area is 148 Å². The molecule has 0 aliphatic carbocycles. The number of aromatic hydroxyl groups is 1. The average Bonchev–Trinajstić information content (AvgIpc) is 3.08. The highest BCUT2D eigenvalue weighted by Crippen LogP contribution is 2.37. The fourth-order valence-corrected chi connectivity index (χ4v) is 4.05. The Kier molecular flexibility index (Phi) is 4.64. The van der Waals surface area contributed by atoms with Crippen LogP contribution >= 0.6 is 23.6 Å². The maximum Gasteiger partial charge on any atom is 0.326 e. The second kappa shape index (κ2) is 6.70. The molecule has 0 saturated carbocycles. The quantitative estimate of drug-likeness (QED) is 0.760. The van der Waals surface area contributed by atoms with Crippen LogP contribution in [-0.2, 0) is 4.79 Å². The van der Waals surface area contributed by atoms with Crippen molar-refractivity contribution < 1.29 is 15.0 Å². The van der Waals surface area contributed by atoms with Crippen LogP contribution in [0.3, 0.4) is 0 Å². The van der Waals surface area contributed by atoms with Gasteiger partial charge in [0.2, 0.25) is 5.88 Å². The van der Waals surface area contributed by atoms with E-state index >= 15 is 0 Å². The topological polar surface area (TPSA) is 74.8 Å². The number of allylic oxidation sites excluding steroid dienone is 1. The van der Waals surface area contributed by atoms with E-state index in [0.717, 1.165) is 16.8 Å². The number of hydrogen-bond donors (Lipinski definition) is 2. The Balaban J connectivity index is 2.05. The number of carboxylic acids is 1. The van der Waals surface area contributed by atoms with Gasteiger partial charge in [-0.15, -0.1) is 11.3 Å². The van der Waals surface area contributed by atoms with E-state index in [1.807, 2.05) is 31.2 Å². The third kappa shape index (κ3) is 2.92. The number of fused-ring (bicyclic) bond motifs is 1. The number of thiazole rings is 1. The molecule has 0 saturated heterocycles. The molecule has 0 fully saturated rings. The number of aliphatic carboxylic acids is 1. The van der Waals surface area contributed by atoms with Gasteiger partial charge in [0, 0.05) is 17.4 Å². The molecule has 0 radical (unpaired) electrons. The monoisotopic (exact) mass is 360 g/mol. The van der Waals surface area contributed by atoms with Crippen LogP contribution in [0.25, 0.3) is 11.6 Å². The number of aromatic nitrogens is 1. The predicted octanol–water partition coefficient (Wildman–Crippen LogP) is 4.67. The van der Waals surface area contributed by atoms with E-state index in [1.54, 1.807) is 12.3 Å². The van der Waals surface area contributed by atoms with Crippen molar-refractivity contribution in [3.05, 3.63) is 38.7 Å². The molecule has 124 valence electrons. The lowest BCUT2D eigenvalue weighted by atomic mass is 10.1. The van der Waals surface area contributed by atoms with Gasteiger partial charge < -0.3 is 10.2 Å². The van der Waals surface area contributed by atoms with Gasteiger partial charge >= 0.3 is 5.97 Å². The molecule has 7 heteroatoms. The van der Waals surface area contributed by atoms with Crippen molar-refractivity contribution >= 4 is 53.1 Å². The summed E-state index contributed by atoms with van der Waals surface area (Å²) in [5, 5.41) is 19.9. The normalized spacial score (nSPS) is 15.6. The van der Waals surface area contributed by atoms with Gasteiger partial charge in [0.15, 0.2) is 3.95 Å². The van der Waals surface area contributed by atoms with E-state index in [4.69, 9.17) is 12.2 Å². The third-order valence-corrected chi connectivity index (χ3v) is 5.18. The number of rotatable bonds is 5. The van der Waals surface area contributed by atoms with Crippen molar-refractivity contribution in [2.45, 2.75) is 25.8 Å². The molecule has 0 spiro atoms. The zero-order chi connectivity index (χ0) is 17.3. The highest BCUT2D eigenvalue weighted by atomic mass is 32.1. The summed E-state index contributed by atoms with van der Waals surface area (Å²) in [6.07, 6.45) is 4.63. The molecular weight excluding hydrogens is 344 g/mol. The molecule has 2 N–H and O–H groups in total. The average molecular weight is 360 g/mol. The Morgan fingerprint density at radius 2 is 2.21 bits per heavy atom. The Morgan fingerprint density at radius 1 is 1.46 bits per heavy atom. The number of hydrogen-bond acceptors (Lipinski definition) is 5. The molecular formula is C17H16N2O3S2. The molecule has 2 heterocycles. The summed E-state index contributed by atoms with van der Waals surface area (Å²) >= 11 is 6.48. The highest BCUT2D eigenvalue weighted by Gasteiger charge is 2.25. The number of para-hydroxylation sites is 1. The van der Waals surface area contributed by atoms with Crippen molar-refractivity contribution in [1.82, 2.24) is 4.57 Å². The molecule has 3 rings (SSSR count). The molecule has 1 aromatic carbocycles. The van der Waals surface area contributed by atoms with E-state index in [2.05, 4.69) is 4.99 Å². The van der Waals surface area contributed by atoms with E-state index in [9.17, 15) is 15.0 Å². The minimum atomic E-state index is -0.993. The van der Waals surface area contributed by atoms with E-state index in [-0.39, 0.29) is 5.88 Å². The van der Waals surface area contributed by atoms with E-state index in [0.29, 0.717) is 21.7 Å². The number of carbonyl (C=O) groups is 1. The van der Waals surface area contributed by atoms with Crippen molar-refractivity contribution in [3.63, 3.8) is 0 Å². The molecule has 0 unspecified atom stereocenters. The SMILES string of the molecule is CCC[C@H](C(=O)O)n1c(O)c(/C=C2\C=Nc3ccccc32)sc1=S. The molecule has 1 aromatic heterocycles. The molecule has 1 aliphatic rings. The van der Waals surface area contributed by atoms with Crippen LogP contribution < -0.4 is 0 Å². The Bertz CT molecular complexity index is 909. The largest absolute Gasteiger partial charge is 0.493 e. The molecule has 5 nitrogen and oxygen atoms in total. The first-order valence-corrected chi connectivity index (χ1v) is 8.77. The summed E-state index contributed by atoms with van der Waals surface area (Å²) in [7, 11) is 0. The predicted molar refractivity (Wildman–Crippen MR) is 98.9 cm³/mol. The maximum absolute atomic E-state index is 11.5. The summed E-state index contributed by atoms with van der Waals surface area (Å²) in [5.74, 6) is -1.09. The van der Waals surface area contributed by atoms with Gasteiger partial charge in [-0.1, -0.05) is 31.5 Å². The summed E-state index contributed by atoms with van der Waals surface area (Å²) in [4.78, 5) is 16.4. The smallest absolute Gasteiger partial charge is 0.326 e. The van der Waals surface area contributed by atoms with Gasteiger partial charge in [-0.3, -0.25) is 9.56 Å². The molecule has 1 atom stereocenters. The molecule has 1 aliphatic heterocycles. The maximum atomic E-state index is 11.5. The van der Waals surface area contributed by atoms with Gasteiger partial charge in [-0.05, 0) is 30.8 Å². The summed E-state index contributed by atoms with van der Waals surface area (Å²) < 4.78 is 1.68. The van der Waals surface area contributed by atoms with Crippen LogP contribution in [0.4, 0.5) is 5.69 Å². The second-order valence-corrected chi connectivity index (χ2v) is 7.12. The minimum absolute atomic E-state index is 0.101. The van der Waals surface area contributed by atoms with Crippen molar-refractivity contribution in [1.29, 1.82) is 0 Å². The summed E-state index contributed by atoms with van der Waals surface area (Å²) in [6, 6.07) is 6.87. The summed E-state index contributed by atoms with van der Waals surface area (Å²) in [5.41, 5.74) is 2.72. The van der Waals surface area contributed by atoms with Crippen molar-refractivity contribution in [2.24, 2.45) is 4.99 Å². The molecule has 2 aromatic rings. The molecule has 24 heavy (non-hydrogen) atoms. The Hall–Kier alpha value is -2.25. The lowest BCUT2D eigenvalue weighted by Crippen LogP contribution is -2.18. The first kappa shape index (κ1) is 16.6. The summed E-state index contributed by atoms with van der Waals surface area (Å²) in [6.45, 7) is 1.90. The van der Waals surface area contributed by atoms with Crippen LogP contribution in [0.2, 0.25) is 0 Å². The van der Waals surface area contributed by atoms with Gasteiger partial charge in [-0.25, -0.2) is 4.79 Å². The third-order valence-electron chi connectivity index (χ3n) is 3.85. The van der Waals surface area contributed by atoms with Gasteiger partial charge in [0.1, 0.15) is 6.04 Å². The number of benzene rings is 1. The van der Waals surface area contributed by atoms with Crippen LogP contribution in [0.1, 0.15) is 36.2 Å². The lowest BCUT2D eigenvalue weighted by Gasteiger charge is -2.14. The Morgan fingerprint density at radius 3 is 2.92 bits per heavy atom. The van der Waals surface area contributed by atoms with E-state index in [1.165, 1.54) is 15.9 Å². The van der Waals surface area contributed by atoms with Crippen molar-refractivity contribution in [3.8, 4) is 5.88 Å². The molecule has 0 amide bonds. The highest BCUT2D eigenvalue weighted by molar-refractivity contribution is 7.73.